The van der Waals surface area contributed by atoms with Gasteiger partial charge in [-0.15, -0.1) is 0 Å². The summed E-state index contributed by atoms with van der Waals surface area (Å²) < 4.78 is 1.19. The summed E-state index contributed by atoms with van der Waals surface area (Å²) in [6, 6.07) is 0. The summed E-state index contributed by atoms with van der Waals surface area (Å²) in [5.74, 6) is 0. The first-order chi connectivity index (χ1) is 19.4. The molecule has 0 fully saturated rings. The second kappa shape index (κ2) is 41.9. The van der Waals surface area contributed by atoms with Gasteiger partial charge in [-0.1, -0.05) is 168 Å². The van der Waals surface area contributed by atoms with E-state index in [1.54, 1.807) is 4.90 Å². The number of quaternary nitrogens is 2. The van der Waals surface area contributed by atoms with Gasteiger partial charge in [0.2, 0.25) is 0 Å². The van der Waals surface area contributed by atoms with Gasteiger partial charge < -0.3 is 43.3 Å². The van der Waals surface area contributed by atoms with E-state index in [2.05, 4.69) is 49.0 Å². The minimum atomic E-state index is 0. The highest BCUT2D eigenvalue weighted by Gasteiger charge is 2.09. The van der Waals surface area contributed by atoms with E-state index in [1.807, 2.05) is 0 Å². The Balaban J connectivity index is -0.000000330. The molecule has 1 N–H and O–H groups in total. The summed E-state index contributed by atoms with van der Waals surface area (Å²) >= 11 is 0. The maximum absolute atomic E-state index is 2.35. The Kier molecular flexibility index (Phi) is 49.6. The molecule has 0 unspecified atom stereocenters. The molecule has 0 aliphatic heterocycles. The van der Waals surface area contributed by atoms with Crippen LogP contribution in [0.25, 0.3) is 0 Å². The van der Waals surface area contributed by atoms with E-state index in [1.165, 1.54) is 204 Å². The lowest BCUT2D eigenvalue weighted by Crippen LogP contribution is -3.05. The molecule has 0 atom stereocenters. The number of hydrogen-bond acceptors (Lipinski definition) is 0. The van der Waals surface area contributed by atoms with Crippen molar-refractivity contribution in [1.82, 2.24) is 0 Å². The first kappa shape index (κ1) is 49.8. The molecule has 0 saturated heterocycles. The van der Waals surface area contributed by atoms with E-state index < -0.39 is 0 Å². The lowest BCUT2D eigenvalue weighted by molar-refractivity contribution is -0.888. The average Bonchev–Trinajstić information content (AvgIpc) is 2.93. The first-order valence-corrected chi connectivity index (χ1v) is 19.0. The molecular formula is C38H84Br2N2. The molecule has 0 bridgehead atoms. The topological polar surface area (TPSA) is 4.44 Å². The van der Waals surface area contributed by atoms with Crippen molar-refractivity contribution in [2.45, 2.75) is 201 Å². The van der Waals surface area contributed by atoms with E-state index >= 15 is 0 Å². The van der Waals surface area contributed by atoms with Gasteiger partial charge >= 0.3 is 0 Å². The van der Waals surface area contributed by atoms with Gasteiger partial charge in [-0.05, 0) is 32.6 Å². The second-order valence-electron chi connectivity index (χ2n) is 14.1. The third-order valence-corrected chi connectivity index (χ3v) is 9.00. The summed E-state index contributed by atoms with van der Waals surface area (Å²) in [5.41, 5.74) is 0. The molecular weight excluding hydrogens is 644 g/mol. The average molecular weight is 729 g/mol. The molecule has 0 saturated carbocycles. The molecule has 0 aliphatic carbocycles. The Morgan fingerprint density at radius 3 is 0.833 bits per heavy atom. The summed E-state index contributed by atoms with van der Waals surface area (Å²) in [7, 11) is 9.20. The van der Waals surface area contributed by atoms with Crippen LogP contribution in [0.3, 0.4) is 0 Å². The molecule has 0 rings (SSSR count). The normalized spacial score (nSPS) is 11.1. The zero-order valence-corrected chi connectivity index (χ0v) is 33.8. The van der Waals surface area contributed by atoms with E-state index in [0.29, 0.717) is 0 Å². The monoisotopic (exact) mass is 727 g/mol. The lowest BCUT2D eigenvalue weighted by atomic mass is 10.0. The largest absolute Gasteiger partial charge is 1.00 e. The van der Waals surface area contributed by atoms with Gasteiger partial charge in [0.15, 0.2) is 0 Å². The van der Waals surface area contributed by atoms with E-state index in [-0.39, 0.29) is 34.0 Å². The van der Waals surface area contributed by atoms with E-state index in [9.17, 15) is 0 Å². The zero-order valence-electron chi connectivity index (χ0n) is 30.6. The predicted molar refractivity (Wildman–Crippen MR) is 186 cm³/mol. The molecule has 0 aromatic rings. The molecule has 260 valence electrons. The highest BCUT2D eigenvalue weighted by atomic mass is 79.9. The fraction of sp³-hybridized carbons (Fsp3) is 1.00. The van der Waals surface area contributed by atoms with Crippen LogP contribution in [0.5, 0.6) is 0 Å². The Hall–Kier alpha value is 0.880. The Bertz CT molecular complexity index is 443. The van der Waals surface area contributed by atoms with Crippen molar-refractivity contribution in [2.24, 2.45) is 0 Å². The van der Waals surface area contributed by atoms with Gasteiger partial charge in [-0.3, -0.25) is 0 Å². The van der Waals surface area contributed by atoms with Crippen LogP contribution in [0.15, 0.2) is 0 Å². The number of nitrogens with one attached hydrogen (secondary N) is 1. The first-order valence-electron chi connectivity index (χ1n) is 19.0. The van der Waals surface area contributed by atoms with Crippen molar-refractivity contribution in [3.05, 3.63) is 0 Å². The molecule has 0 aromatic carbocycles. The zero-order chi connectivity index (χ0) is 30.0. The third-order valence-electron chi connectivity index (χ3n) is 9.00. The Morgan fingerprint density at radius 1 is 0.357 bits per heavy atom. The maximum atomic E-state index is 2.35. The fourth-order valence-corrected chi connectivity index (χ4v) is 5.57. The fourth-order valence-electron chi connectivity index (χ4n) is 5.57. The van der Waals surface area contributed by atoms with Crippen LogP contribution in [0.4, 0.5) is 0 Å². The van der Waals surface area contributed by atoms with E-state index in [0.717, 1.165) is 0 Å². The Labute approximate surface area is 290 Å². The summed E-state index contributed by atoms with van der Waals surface area (Å²) in [6.07, 6.45) is 40.8. The van der Waals surface area contributed by atoms with Crippen molar-refractivity contribution in [3.8, 4) is 0 Å². The van der Waals surface area contributed by atoms with Gasteiger partial charge in [0.05, 0.1) is 47.8 Å². The maximum Gasteiger partial charge on any atom is 0.0782 e. The van der Waals surface area contributed by atoms with Crippen LogP contribution in [-0.4, -0.2) is 52.3 Å². The molecule has 0 amide bonds. The van der Waals surface area contributed by atoms with Crippen LogP contribution >= 0.6 is 0 Å². The van der Waals surface area contributed by atoms with Gasteiger partial charge in [0.25, 0.3) is 0 Å². The van der Waals surface area contributed by atoms with Crippen molar-refractivity contribution in [3.63, 3.8) is 0 Å². The molecule has 0 aromatic heterocycles. The minimum absolute atomic E-state index is 0. The van der Waals surface area contributed by atoms with Crippen LogP contribution in [0.1, 0.15) is 201 Å². The van der Waals surface area contributed by atoms with Crippen molar-refractivity contribution in [2.75, 3.05) is 47.8 Å². The standard InChI is InChI=1S/C20H44N.C18H39N.2BrH/c1-5-7-8-9-10-11-12-13-14-15-16-17-18-19-20-21(3,4)6-2;1-4-5-6-7-8-9-10-11-12-13-14-15-16-17-18-19(2)3;;/h5-20H2,1-4H3;4-18H2,1-3H3;2*1H/q+1;;;/p-1. The SMILES string of the molecule is CCCCCCCCCCCCCCCC[N+](C)(C)CC.CCCCCCCCCCCCCCCC[NH+](C)C.[Br-].[Br-]. The van der Waals surface area contributed by atoms with Crippen molar-refractivity contribution in [1.29, 1.82) is 0 Å². The number of hydrogen-bond donors (Lipinski definition) is 1. The minimum Gasteiger partial charge on any atom is -1.00 e. The molecule has 42 heavy (non-hydrogen) atoms. The van der Waals surface area contributed by atoms with Gasteiger partial charge in [-0.2, -0.15) is 0 Å². The molecule has 2 nitrogen and oxygen atoms in total. The quantitative estimate of drug-likeness (QED) is 0.0742. The summed E-state index contributed by atoms with van der Waals surface area (Å²) in [5, 5.41) is 0. The van der Waals surface area contributed by atoms with Gasteiger partial charge in [0, 0.05) is 0 Å². The molecule has 0 radical (unpaired) electrons. The Morgan fingerprint density at radius 2 is 0.595 bits per heavy atom. The van der Waals surface area contributed by atoms with Crippen molar-refractivity contribution >= 4 is 0 Å². The smallest absolute Gasteiger partial charge is 0.0782 e. The second-order valence-corrected chi connectivity index (χ2v) is 14.1. The van der Waals surface area contributed by atoms with Crippen LogP contribution in [-0.2, 0) is 0 Å². The number of rotatable bonds is 31. The summed E-state index contributed by atoms with van der Waals surface area (Å²) in [6.45, 7) is 10.8. The van der Waals surface area contributed by atoms with Crippen LogP contribution < -0.4 is 38.9 Å². The number of unbranched alkanes of at least 4 members (excludes halogenated alkanes) is 26. The molecule has 0 heterocycles. The van der Waals surface area contributed by atoms with E-state index in [4.69, 9.17) is 0 Å². The van der Waals surface area contributed by atoms with Crippen molar-refractivity contribution < 1.29 is 43.3 Å². The highest BCUT2D eigenvalue weighted by molar-refractivity contribution is 4.50. The van der Waals surface area contributed by atoms with Gasteiger partial charge in [0.1, 0.15) is 0 Å². The lowest BCUT2D eigenvalue weighted by Gasteiger charge is -2.28. The number of nitrogens with zero attached hydrogens (tertiary/aromatic N) is 1. The third kappa shape index (κ3) is 47.8. The highest BCUT2D eigenvalue weighted by Crippen LogP contribution is 2.14. The van der Waals surface area contributed by atoms with Crippen LogP contribution in [0.2, 0.25) is 0 Å². The van der Waals surface area contributed by atoms with Gasteiger partial charge in [-0.25, -0.2) is 0 Å². The molecule has 0 spiro atoms. The van der Waals surface area contributed by atoms with Crippen LogP contribution in [0, 0.1) is 0 Å². The summed E-state index contributed by atoms with van der Waals surface area (Å²) in [4.78, 5) is 1.60. The number of halogens is 2. The molecule has 4 heteroatoms. The molecule has 0 aliphatic rings. The predicted octanol–water partition coefficient (Wildman–Crippen LogP) is 5.18.